The Labute approximate surface area is 81.2 Å². The van der Waals surface area contributed by atoms with E-state index in [9.17, 15) is 0 Å². The maximum atomic E-state index is 6.03. The minimum absolute atomic E-state index is 0.202. The molecule has 0 aromatic rings. The minimum Gasteiger partial charge on any atom is -0.362 e. The zero-order valence-corrected chi connectivity index (χ0v) is 8.74. The van der Waals surface area contributed by atoms with Gasteiger partial charge in [-0.25, -0.2) is 0 Å². The first-order valence-electron chi connectivity index (χ1n) is 5.14. The molecular weight excluding hydrogens is 162 g/mol. The Bertz CT molecular complexity index is 168. The third-order valence-electron chi connectivity index (χ3n) is 2.43. The Balaban J connectivity index is 2.16. The summed E-state index contributed by atoms with van der Waals surface area (Å²) in [5.41, 5.74) is 6.03. The van der Waals surface area contributed by atoms with E-state index in [2.05, 4.69) is 36.2 Å². The molecule has 1 heterocycles. The van der Waals surface area contributed by atoms with E-state index in [1.165, 1.54) is 19.3 Å². The molecule has 0 saturated heterocycles. The van der Waals surface area contributed by atoms with Crippen LogP contribution in [0, 0.1) is 0 Å². The molecule has 0 aromatic heterocycles. The van der Waals surface area contributed by atoms with Gasteiger partial charge in [-0.1, -0.05) is 26.2 Å². The average molecular weight is 183 g/mol. The summed E-state index contributed by atoms with van der Waals surface area (Å²) in [6.45, 7) is 3.16. The minimum atomic E-state index is 0.202. The second-order valence-electron chi connectivity index (χ2n) is 3.77. The maximum absolute atomic E-state index is 6.03. The average Bonchev–Trinajstić information content (AvgIpc) is 2.52. The van der Waals surface area contributed by atoms with E-state index in [0.29, 0.717) is 0 Å². The van der Waals surface area contributed by atoms with Gasteiger partial charge >= 0.3 is 0 Å². The van der Waals surface area contributed by atoms with Crippen molar-refractivity contribution in [3.63, 3.8) is 0 Å². The van der Waals surface area contributed by atoms with Crippen LogP contribution in [0.3, 0.4) is 0 Å². The Morgan fingerprint density at radius 3 is 2.69 bits per heavy atom. The van der Waals surface area contributed by atoms with Gasteiger partial charge in [-0.05, 0) is 6.42 Å². The van der Waals surface area contributed by atoms with E-state index in [4.69, 9.17) is 5.73 Å². The standard InChI is InChI=1S/C10H21N3/c1-3-4-5-6-10(11)13-8-7-12(2)9-13/h7-8,10H,3-6,9,11H2,1-2H3. The third-order valence-corrected chi connectivity index (χ3v) is 2.43. The van der Waals surface area contributed by atoms with Crippen LogP contribution in [0.15, 0.2) is 12.4 Å². The molecule has 0 bridgehead atoms. The molecule has 3 heteroatoms. The molecule has 1 aliphatic rings. The predicted molar refractivity (Wildman–Crippen MR) is 55.7 cm³/mol. The van der Waals surface area contributed by atoms with Gasteiger partial charge in [0.1, 0.15) is 0 Å². The Kier molecular flexibility index (Phi) is 4.09. The van der Waals surface area contributed by atoms with E-state index in [0.717, 1.165) is 13.1 Å². The molecule has 0 radical (unpaired) electrons. The normalized spacial score (nSPS) is 18.4. The van der Waals surface area contributed by atoms with Crippen molar-refractivity contribution >= 4 is 0 Å². The van der Waals surface area contributed by atoms with Crippen LogP contribution in [0.5, 0.6) is 0 Å². The van der Waals surface area contributed by atoms with Crippen molar-refractivity contribution in [1.82, 2.24) is 9.80 Å². The lowest BCUT2D eigenvalue weighted by molar-refractivity contribution is 0.221. The summed E-state index contributed by atoms with van der Waals surface area (Å²) in [5.74, 6) is 0. The van der Waals surface area contributed by atoms with Crippen LogP contribution in [0.2, 0.25) is 0 Å². The highest BCUT2D eigenvalue weighted by atomic mass is 15.4. The lowest BCUT2D eigenvalue weighted by atomic mass is 10.2. The smallest absolute Gasteiger partial charge is 0.0905 e. The fourth-order valence-corrected chi connectivity index (χ4v) is 1.54. The number of nitrogens with zero attached hydrogens (tertiary/aromatic N) is 2. The van der Waals surface area contributed by atoms with Gasteiger partial charge in [0.2, 0.25) is 0 Å². The van der Waals surface area contributed by atoms with Crippen molar-refractivity contribution in [2.45, 2.75) is 38.8 Å². The molecule has 1 rings (SSSR count). The number of nitrogens with two attached hydrogens (primary N) is 1. The van der Waals surface area contributed by atoms with Gasteiger partial charge in [0.25, 0.3) is 0 Å². The van der Waals surface area contributed by atoms with Gasteiger partial charge in [0.15, 0.2) is 0 Å². The fourth-order valence-electron chi connectivity index (χ4n) is 1.54. The fraction of sp³-hybridized carbons (Fsp3) is 0.800. The topological polar surface area (TPSA) is 32.5 Å². The summed E-state index contributed by atoms with van der Waals surface area (Å²) in [5, 5.41) is 0. The van der Waals surface area contributed by atoms with E-state index in [1.54, 1.807) is 0 Å². The first-order valence-corrected chi connectivity index (χ1v) is 5.14. The van der Waals surface area contributed by atoms with Crippen molar-refractivity contribution in [1.29, 1.82) is 0 Å². The molecule has 76 valence electrons. The van der Waals surface area contributed by atoms with Crippen molar-refractivity contribution in [3.05, 3.63) is 12.4 Å². The molecule has 0 amide bonds. The van der Waals surface area contributed by atoms with Gasteiger partial charge in [-0.3, -0.25) is 0 Å². The van der Waals surface area contributed by atoms with Crippen LogP contribution < -0.4 is 5.73 Å². The van der Waals surface area contributed by atoms with Gasteiger partial charge in [-0.15, -0.1) is 0 Å². The van der Waals surface area contributed by atoms with Crippen LogP contribution >= 0.6 is 0 Å². The highest BCUT2D eigenvalue weighted by Crippen LogP contribution is 2.10. The lowest BCUT2D eigenvalue weighted by Crippen LogP contribution is -2.39. The monoisotopic (exact) mass is 183 g/mol. The molecule has 0 spiro atoms. The van der Waals surface area contributed by atoms with Gasteiger partial charge < -0.3 is 15.5 Å². The summed E-state index contributed by atoms with van der Waals surface area (Å²) in [6.07, 6.45) is 9.25. The van der Waals surface area contributed by atoms with E-state index < -0.39 is 0 Å². The van der Waals surface area contributed by atoms with Gasteiger partial charge in [0, 0.05) is 19.4 Å². The predicted octanol–water partition coefficient (Wildman–Crippen LogP) is 1.53. The SMILES string of the molecule is CCCCCC(N)N1C=CN(C)C1. The summed E-state index contributed by atoms with van der Waals surface area (Å²) < 4.78 is 0. The maximum Gasteiger partial charge on any atom is 0.0905 e. The summed E-state index contributed by atoms with van der Waals surface area (Å²) in [7, 11) is 2.06. The van der Waals surface area contributed by atoms with E-state index in [-0.39, 0.29) is 6.17 Å². The number of hydrogen-bond acceptors (Lipinski definition) is 3. The highest BCUT2D eigenvalue weighted by Gasteiger charge is 2.14. The van der Waals surface area contributed by atoms with Gasteiger partial charge in [0.05, 0.1) is 12.8 Å². The highest BCUT2D eigenvalue weighted by molar-refractivity contribution is 4.90. The summed E-state index contributed by atoms with van der Waals surface area (Å²) >= 11 is 0. The summed E-state index contributed by atoms with van der Waals surface area (Å²) in [6, 6.07) is 0. The van der Waals surface area contributed by atoms with Crippen molar-refractivity contribution in [2.75, 3.05) is 13.7 Å². The largest absolute Gasteiger partial charge is 0.362 e. The van der Waals surface area contributed by atoms with Crippen molar-refractivity contribution in [2.24, 2.45) is 5.73 Å². The number of rotatable bonds is 5. The molecule has 13 heavy (non-hydrogen) atoms. The van der Waals surface area contributed by atoms with Crippen LogP contribution in [-0.2, 0) is 0 Å². The molecule has 0 aromatic carbocycles. The second kappa shape index (κ2) is 5.12. The Morgan fingerprint density at radius 1 is 1.38 bits per heavy atom. The van der Waals surface area contributed by atoms with E-state index >= 15 is 0 Å². The Hall–Kier alpha value is -0.700. The molecule has 1 unspecified atom stereocenters. The van der Waals surface area contributed by atoms with Crippen LogP contribution in [0.1, 0.15) is 32.6 Å². The summed E-state index contributed by atoms with van der Waals surface area (Å²) in [4.78, 5) is 4.33. The lowest BCUT2D eigenvalue weighted by Gasteiger charge is -2.25. The molecule has 1 atom stereocenters. The third kappa shape index (κ3) is 3.27. The molecule has 2 N–H and O–H groups in total. The van der Waals surface area contributed by atoms with Crippen LogP contribution in [-0.4, -0.2) is 29.7 Å². The molecule has 0 aliphatic carbocycles. The molecular formula is C10H21N3. The van der Waals surface area contributed by atoms with Crippen molar-refractivity contribution < 1.29 is 0 Å². The number of unbranched alkanes of at least 4 members (excludes halogenated alkanes) is 2. The molecule has 3 nitrogen and oxygen atoms in total. The zero-order chi connectivity index (χ0) is 9.68. The van der Waals surface area contributed by atoms with E-state index in [1.807, 2.05) is 0 Å². The molecule has 0 saturated carbocycles. The zero-order valence-electron chi connectivity index (χ0n) is 8.74. The Morgan fingerprint density at radius 2 is 2.15 bits per heavy atom. The first kappa shape index (κ1) is 10.4. The van der Waals surface area contributed by atoms with Crippen LogP contribution in [0.25, 0.3) is 0 Å². The quantitative estimate of drug-likeness (QED) is 0.656. The number of hydrogen-bond donors (Lipinski definition) is 1. The van der Waals surface area contributed by atoms with Crippen molar-refractivity contribution in [3.8, 4) is 0 Å². The van der Waals surface area contributed by atoms with Crippen LogP contribution in [0.4, 0.5) is 0 Å². The second-order valence-corrected chi connectivity index (χ2v) is 3.77. The van der Waals surface area contributed by atoms with Gasteiger partial charge in [-0.2, -0.15) is 0 Å². The first-order chi connectivity index (χ1) is 6.24. The molecule has 0 fully saturated rings. The molecule has 1 aliphatic heterocycles.